The molecule has 0 aromatic rings. The van der Waals surface area contributed by atoms with Crippen molar-refractivity contribution in [2.45, 2.75) is 37.0 Å². The van der Waals surface area contributed by atoms with Crippen LogP contribution < -0.4 is 15.4 Å². The van der Waals surface area contributed by atoms with Crippen LogP contribution in [0.4, 0.5) is 0 Å². The van der Waals surface area contributed by atoms with E-state index < -0.39 is 15.6 Å². The average Bonchev–Trinajstić information content (AvgIpc) is 3.28. The number of nitrogens with one attached hydrogen (secondary N) is 3. The first-order valence-electron chi connectivity index (χ1n) is 8.08. The lowest BCUT2D eigenvalue weighted by atomic mass is 10.2. The zero-order chi connectivity index (χ0) is 17.7. The highest BCUT2D eigenvalue weighted by atomic mass is 32.2. The van der Waals surface area contributed by atoms with Crippen molar-refractivity contribution >= 4 is 27.4 Å². The predicted molar refractivity (Wildman–Crippen MR) is 96.5 cm³/mol. The maximum absolute atomic E-state index is 12.3. The molecule has 1 heterocycles. The zero-order valence-electron chi connectivity index (χ0n) is 13.9. The van der Waals surface area contributed by atoms with Crippen molar-refractivity contribution in [2.75, 3.05) is 19.6 Å². The minimum atomic E-state index is -2.58. The van der Waals surface area contributed by atoms with Crippen LogP contribution in [-0.2, 0) is 19.3 Å². The van der Waals surface area contributed by atoms with Gasteiger partial charge in [0, 0.05) is 17.5 Å². The summed E-state index contributed by atoms with van der Waals surface area (Å²) in [6.45, 7) is 8.66. The first kappa shape index (κ1) is 18.4. The molecule has 1 saturated heterocycles. The summed E-state index contributed by atoms with van der Waals surface area (Å²) in [5.41, 5.74) is 0.812. The van der Waals surface area contributed by atoms with Crippen LogP contribution in [0.25, 0.3) is 0 Å². The standard InChI is InChI=1S/C16H26N4O3S/c1-4-17-10-12(2)20-9-5-6-14(20)16(22)18-11-15(21)19-24(3,23)13-7-8-13/h4,13-14,17H,1-3,5-11H2,(H,18,22)(H,19,21,23)/t14-,24?/m0/s1. The Morgan fingerprint density at radius 1 is 1.25 bits per heavy atom. The Bertz CT molecular complexity index is 625. The van der Waals surface area contributed by atoms with Crippen molar-refractivity contribution in [1.82, 2.24) is 20.3 Å². The fourth-order valence-corrected chi connectivity index (χ4v) is 4.28. The van der Waals surface area contributed by atoms with E-state index in [1.807, 2.05) is 4.90 Å². The van der Waals surface area contributed by atoms with E-state index >= 15 is 0 Å². The molecule has 1 saturated carbocycles. The minimum absolute atomic E-state index is 0.0249. The molecule has 2 atom stereocenters. The van der Waals surface area contributed by atoms with Gasteiger partial charge in [0.05, 0.1) is 22.8 Å². The topological polar surface area (TPSA) is 90.5 Å². The third-order valence-electron chi connectivity index (χ3n) is 4.18. The largest absolute Gasteiger partial charge is 0.386 e. The van der Waals surface area contributed by atoms with Crippen molar-refractivity contribution in [3.8, 4) is 0 Å². The Morgan fingerprint density at radius 2 is 1.96 bits per heavy atom. The number of rotatable bonds is 9. The summed E-state index contributed by atoms with van der Waals surface area (Å²) in [4.78, 5) is 26.2. The van der Waals surface area contributed by atoms with Gasteiger partial charge in [-0.05, 0) is 37.8 Å². The lowest BCUT2D eigenvalue weighted by molar-refractivity contribution is -0.128. The van der Waals surface area contributed by atoms with Crippen LogP contribution in [0.3, 0.4) is 0 Å². The first-order chi connectivity index (χ1) is 11.3. The molecule has 1 aliphatic heterocycles. The van der Waals surface area contributed by atoms with E-state index in [0.29, 0.717) is 13.0 Å². The van der Waals surface area contributed by atoms with E-state index in [1.54, 1.807) is 6.20 Å². The van der Waals surface area contributed by atoms with Crippen LogP contribution >= 0.6 is 0 Å². The number of hydrogen-bond donors (Lipinski definition) is 3. The second-order valence-corrected chi connectivity index (χ2v) is 8.49. The quantitative estimate of drug-likeness (QED) is 0.496. The van der Waals surface area contributed by atoms with Crippen LogP contribution in [0.1, 0.15) is 25.7 Å². The average molecular weight is 354 g/mol. The van der Waals surface area contributed by atoms with E-state index in [9.17, 15) is 13.8 Å². The lowest BCUT2D eigenvalue weighted by Gasteiger charge is -2.27. The van der Waals surface area contributed by atoms with Gasteiger partial charge in [-0.3, -0.25) is 14.3 Å². The molecule has 7 nitrogen and oxygen atoms in total. The molecule has 2 fully saturated rings. The van der Waals surface area contributed by atoms with E-state index in [4.69, 9.17) is 0 Å². The maximum atomic E-state index is 12.3. The number of amides is 2. The van der Waals surface area contributed by atoms with Gasteiger partial charge < -0.3 is 15.5 Å². The molecular formula is C16H26N4O3S. The Hall–Kier alpha value is -1.96. The molecule has 0 bridgehead atoms. The summed E-state index contributed by atoms with van der Waals surface area (Å²) in [7, 11) is -2.58. The molecule has 24 heavy (non-hydrogen) atoms. The van der Waals surface area contributed by atoms with Crippen molar-refractivity contribution in [3.05, 3.63) is 25.1 Å². The van der Waals surface area contributed by atoms with Gasteiger partial charge >= 0.3 is 0 Å². The summed E-state index contributed by atoms with van der Waals surface area (Å²) in [5, 5.41) is 5.56. The summed E-state index contributed by atoms with van der Waals surface area (Å²) in [5.74, 6) is 2.90. The number of likely N-dealkylation sites (tertiary alicyclic amines) is 1. The van der Waals surface area contributed by atoms with Crippen molar-refractivity contribution in [1.29, 1.82) is 0 Å². The van der Waals surface area contributed by atoms with Gasteiger partial charge in [0.1, 0.15) is 6.04 Å². The normalized spacial score (nSPS) is 22.3. The summed E-state index contributed by atoms with van der Waals surface area (Å²) in [6, 6.07) is -0.329. The zero-order valence-corrected chi connectivity index (χ0v) is 14.7. The molecule has 0 aromatic carbocycles. The van der Waals surface area contributed by atoms with Crippen LogP contribution in [0.15, 0.2) is 25.1 Å². The second kappa shape index (κ2) is 7.74. The highest BCUT2D eigenvalue weighted by molar-refractivity contribution is 7.99. The Kier molecular flexibility index (Phi) is 5.93. The fraction of sp³-hybridized carbons (Fsp3) is 0.562. The molecule has 8 heteroatoms. The summed E-state index contributed by atoms with van der Waals surface area (Å²) in [6.07, 6.45) is 4.84. The third kappa shape index (κ3) is 4.77. The minimum Gasteiger partial charge on any atom is -0.386 e. The molecule has 2 rings (SSSR count). The highest BCUT2D eigenvalue weighted by Gasteiger charge is 2.33. The Morgan fingerprint density at radius 3 is 2.58 bits per heavy atom. The maximum Gasteiger partial charge on any atom is 0.250 e. The van der Waals surface area contributed by atoms with Gasteiger partial charge in [-0.15, -0.1) is 0 Å². The molecule has 2 aliphatic rings. The monoisotopic (exact) mass is 354 g/mol. The second-order valence-electron chi connectivity index (χ2n) is 6.17. The van der Waals surface area contributed by atoms with Crippen molar-refractivity contribution in [3.63, 3.8) is 0 Å². The Labute approximate surface area is 143 Å². The van der Waals surface area contributed by atoms with Crippen molar-refractivity contribution < 1.29 is 13.8 Å². The molecule has 0 radical (unpaired) electrons. The molecule has 1 unspecified atom stereocenters. The summed E-state index contributed by atoms with van der Waals surface area (Å²) >= 11 is 0. The number of carbonyl (C=O) groups excluding carboxylic acids is 2. The van der Waals surface area contributed by atoms with Gasteiger partial charge in [-0.1, -0.05) is 13.2 Å². The highest BCUT2D eigenvalue weighted by Crippen LogP contribution is 2.27. The lowest BCUT2D eigenvalue weighted by Crippen LogP contribution is -2.47. The smallest absolute Gasteiger partial charge is 0.250 e. The van der Waals surface area contributed by atoms with Gasteiger partial charge in [0.15, 0.2) is 0 Å². The third-order valence-corrected chi connectivity index (χ3v) is 6.31. The number of hydrogen-bond acceptors (Lipinski definition) is 5. The molecule has 134 valence electrons. The molecule has 0 aromatic heterocycles. The first-order valence-corrected chi connectivity index (χ1v) is 9.87. The van der Waals surface area contributed by atoms with Crippen molar-refractivity contribution in [2.24, 2.45) is 0 Å². The van der Waals surface area contributed by atoms with E-state index in [0.717, 1.165) is 31.5 Å². The molecule has 3 N–H and O–H groups in total. The number of nitrogens with zero attached hydrogens (tertiary/aromatic N) is 1. The van der Waals surface area contributed by atoms with Crippen LogP contribution in [0.2, 0.25) is 0 Å². The predicted octanol–water partition coefficient (Wildman–Crippen LogP) is -0.276. The van der Waals surface area contributed by atoms with Gasteiger partial charge in [-0.25, -0.2) is 4.21 Å². The molecular weight excluding hydrogens is 328 g/mol. The van der Waals surface area contributed by atoms with E-state index in [2.05, 4.69) is 34.4 Å². The molecule has 2 amide bonds. The van der Waals surface area contributed by atoms with Gasteiger partial charge in [0.25, 0.3) is 5.91 Å². The van der Waals surface area contributed by atoms with Crippen LogP contribution in [0, 0.1) is 0 Å². The SMILES string of the molecule is C=CNCC(=C)N1CCC[C@H]1C(=O)NCC(=O)NS(=C)(=O)C1CC1. The Balaban J connectivity index is 1.81. The van der Waals surface area contributed by atoms with E-state index in [-0.39, 0.29) is 23.7 Å². The fourth-order valence-electron chi connectivity index (χ4n) is 2.76. The number of carbonyl (C=O) groups is 2. The summed E-state index contributed by atoms with van der Waals surface area (Å²) < 4.78 is 14.5. The molecule has 1 aliphatic carbocycles. The van der Waals surface area contributed by atoms with Gasteiger partial charge in [-0.2, -0.15) is 0 Å². The van der Waals surface area contributed by atoms with Gasteiger partial charge in [0.2, 0.25) is 5.91 Å². The van der Waals surface area contributed by atoms with Crippen LogP contribution in [-0.4, -0.2) is 57.7 Å². The van der Waals surface area contributed by atoms with Crippen LogP contribution in [0.5, 0.6) is 0 Å². The molecule has 0 spiro atoms. The van der Waals surface area contributed by atoms with E-state index in [1.165, 1.54) is 0 Å².